The summed E-state index contributed by atoms with van der Waals surface area (Å²) in [6.07, 6.45) is 4.10. The average Bonchev–Trinajstić information content (AvgIpc) is 3.02. The Morgan fingerprint density at radius 1 is 1.03 bits per heavy atom. The molecular formula is C29H45BFNO5Si. The van der Waals surface area contributed by atoms with Gasteiger partial charge in [0.05, 0.1) is 24.9 Å². The summed E-state index contributed by atoms with van der Waals surface area (Å²) in [5.41, 5.74) is 1.16. The Kier molecular flexibility index (Phi) is 9.08. The van der Waals surface area contributed by atoms with E-state index in [0.29, 0.717) is 42.2 Å². The Morgan fingerprint density at radius 3 is 2.21 bits per heavy atom. The lowest BCUT2D eigenvalue weighted by Gasteiger charge is -2.37. The highest BCUT2D eigenvalue weighted by Crippen LogP contribution is 2.42. The molecule has 210 valence electrons. The largest absolute Gasteiger partial charge is 0.493 e. The van der Waals surface area contributed by atoms with Gasteiger partial charge in [-0.25, -0.2) is 4.39 Å². The molecule has 0 aliphatic carbocycles. The number of hydrogen-bond donors (Lipinski definition) is 0. The molecule has 0 radical (unpaired) electrons. The summed E-state index contributed by atoms with van der Waals surface area (Å²) < 4.78 is 45.5. The topological polar surface area (TPSA) is 59.0 Å². The van der Waals surface area contributed by atoms with Crippen molar-refractivity contribution in [2.24, 2.45) is 0 Å². The number of methoxy groups -OCH3 is 1. The van der Waals surface area contributed by atoms with Gasteiger partial charge in [-0.05, 0) is 76.8 Å². The van der Waals surface area contributed by atoms with Crippen LogP contribution in [0.4, 0.5) is 4.39 Å². The van der Waals surface area contributed by atoms with Gasteiger partial charge < -0.3 is 23.2 Å². The first-order valence-electron chi connectivity index (χ1n) is 13.5. The van der Waals surface area contributed by atoms with Crippen molar-refractivity contribution in [2.45, 2.75) is 97.0 Å². The summed E-state index contributed by atoms with van der Waals surface area (Å²) in [5.74, 6) is 0.397. The van der Waals surface area contributed by atoms with Crippen molar-refractivity contribution in [1.29, 1.82) is 0 Å². The zero-order valence-corrected chi connectivity index (χ0v) is 26.0. The Bertz CT molecular complexity index is 1100. The standard InChI is InChI=1S/C29H45BFNO5Si/c1-12-34-26-14-23(24(31)15-25(26)33-9)21-13-20(17-32-18-21)22(19-35-38(10,11)27(2,3)4)16-30-36-28(5,6)29(7,8)37-30/h13-15,17-18,22H,12,16,19H2,1-11H3. The van der Waals surface area contributed by atoms with Gasteiger partial charge >= 0.3 is 7.12 Å². The summed E-state index contributed by atoms with van der Waals surface area (Å²) in [6.45, 7) is 22.2. The van der Waals surface area contributed by atoms with E-state index in [1.165, 1.54) is 13.2 Å². The van der Waals surface area contributed by atoms with Crippen LogP contribution in [0.5, 0.6) is 11.5 Å². The van der Waals surface area contributed by atoms with Crippen molar-refractivity contribution in [2.75, 3.05) is 20.3 Å². The first kappa shape index (κ1) is 30.6. The van der Waals surface area contributed by atoms with Crippen LogP contribution in [0.15, 0.2) is 30.6 Å². The smallest absolute Gasteiger partial charge is 0.458 e. The fraction of sp³-hybridized carbons (Fsp3) is 0.621. The minimum Gasteiger partial charge on any atom is -0.493 e. The molecule has 1 saturated heterocycles. The van der Waals surface area contributed by atoms with Crippen LogP contribution in [0.2, 0.25) is 24.5 Å². The monoisotopic (exact) mass is 545 g/mol. The van der Waals surface area contributed by atoms with Gasteiger partial charge in [0.2, 0.25) is 0 Å². The molecule has 1 aromatic carbocycles. The predicted molar refractivity (Wildman–Crippen MR) is 154 cm³/mol. The summed E-state index contributed by atoms with van der Waals surface area (Å²) >= 11 is 0. The minimum atomic E-state index is -2.02. The number of pyridine rings is 1. The Labute approximate surface area is 229 Å². The van der Waals surface area contributed by atoms with Crippen LogP contribution < -0.4 is 9.47 Å². The van der Waals surface area contributed by atoms with E-state index >= 15 is 4.39 Å². The highest BCUT2D eigenvalue weighted by atomic mass is 28.4. The third-order valence-corrected chi connectivity index (χ3v) is 12.8. The van der Waals surface area contributed by atoms with Gasteiger partial charge in [-0.15, -0.1) is 0 Å². The number of rotatable bonds is 10. The van der Waals surface area contributed by atoms with Crippen LogP contribution in [0, 0.1) is 5.82 Å². The first-order chi connectivity index (χ1) is 17.5. The van der Waals surface area contributed by atoms with Crippen molar-refractivity contribution in [3.8, 4) is 22.6 Å². The molecule has 0 N–H and O–H groups in total. The molecular weight excluding hydrogens is 500 g/mol. The van der Waals surface area contributed by atoms with Crippen molar-refractivity contribution >= 4 is 15.4 Å². The molecule has 2 aromatic rings. The molecule has 0 spiro atoms. The maximum absolute atomic E-state index is 15.2. The molecule has 1 unspecified atom stereocenters. The van der Waals surface area contributed by atoms with E-state index in [9.17, 15) is 0 Å². The maximum atomic E-state index is 15.2. The highest BCUT2D eigenvalue weighted by molar-refractivity contribution is 6.74. The molecule has 0 saturated carbocycles. The number of ether oxygens (including phenoxy) is 2. The van der Waals surface area contributed by atoms with Crippen LogP contribution in [-0.2, 0) is 13.7 Å². The van der Waals surface area contributed by atoms with E-state index in [0.717, 1.165) is 5.56 Å². The molecule has 0 amide bonds. The molecule has 1 atom stereocenters. The Balaban J connectivity index is 1.98. The van der Waals surface area contributed by atoms with E-state index in [4.69, 9.17) is 23.2 Å². The number of halogens is 1. The number of aromatic nitrogens is 1. The molecule has 3 rings (SSSR count). The number of hydrogen-bond acceptors (Lipinski definition) is 6. The van der Waals surface area contributed by atoms with E-state index in [1.54, 1.807) is 12.3 Å². The quantitative estimate of drug-likeness (QED) is 0.288. The predicted octanol–water partition coefficient (Wildman–Crippen LogP) is 7.49. The van der Waals surface area contributed by atoms with Gasteiger partial charge in [0.15, 0.2) is 19.8 Å². The lowest BCUT2D eigenvalue weighted by molar-refractivity contribution is 0.00578. The van der Waals surface area contributed by atoms with Gasteiger partial charge in [0, 0.05) is 42.1 Å². The second-order valence-corrected chi connectivity index (χ2v) is 17.4. The van der Waals surface area contributed by atoms with E-state index in [2.05, 4.69) is 66.5 Å². The zero-order valence-electron chi connectivity index (χ0n) is 25.0. The third kappa shape index (κ3) is 6.61. The second kappa shape index (κ2) is 11.3. The van der Waals surface area contributed by atoms with E-state index in [-0.39, 0.29) is 18.1 Å². The van der Waals surface area contributed by atoms with Gasteiger partial charge in [0.1, 0.15) is 5.82 Å². The van der Waals surface area contributed by atoms with Crippen molar-refractivity contribution in [3.05, 3.63) is 42.0 Å². The summed E-state index contributed by atoms with van der Waals surface area (Å²) in [7, 11) is -0.907. The Hall–Kier alpha value is -1.94. The molecule has 1 aliphatic heterocycles. The van der Waals surface area contributed by atoms with Crippen LogP contribution in [0.1, 0.15) is 66.9 Å². The van der Waals surface area contributed by atoms with Crippen LogP contribution in [-0.4, -0.2) is 51.9 Å². The molecule has 1 aromatic heterocycles. The summed E-state index contributed by atoms with van der Waals surface area (Å²) in [6, 6.07) is 5.02. The van der Waals surface area contributed by atoms with Gasteiger partial charge in [-0.3, -0.25) is 4.98 Å². The molecule has 1 fully saturated rings. The molecule has 9 heteroatoms. The molecule has 2 heterocycles. The number of benzene rings is 1. The van der Waals surface area contributed by atoms with Crippen molar-refractivity contribution in [1.82, 2.24) is 4.98 Å². The fourth-order valence-corrected chi connectivity index (χ4v) is 5.18. The fourth-order valence-electron chi connectivity index (χ4n) is 4.13. The number of nitrogens with zero attached hydrogens (tertiary/aromatic N) is 1. The minimum absolute atomic E-state index is 0.0565. The lowest BCUT2D eigenvalue weighted by Crippen LogP contribution is -2.42. The highest BCUT2D eigenvalue weighted by Gasteiger charge is 2.51. The molecule has 0 bridgehead atoms. The van der Waals surface area contributed by atoms with Gasteiger partial charge in [-0.2, -0.15) is 0 Å². The molecule has 1 aliphatic rings. The zero-order chi connectivity index (χ0) is 28.5. The first-order valence-corrected chi connectivity index (χ1v) is 16.4. The van der Waals surface area contributed by atoms with E-state index < -0.39 is 25.3 Å². The van der Waals surface area contributed by atoms with E-state index in [1.807, 2.05) is 19.2 Å². The summed E-state index contributed by atoms with van der Waals surface area (Å²) in [5, 5.41) is 0.0733. The lowest BCUT2D eigenvalue weighted by atomic mass is 9.75. The van der Waals surface area contributed by atoms with Crippen LogP contribution in [0.25, 0.3) is 11.1 Å². The molecule has 6 nitrogen and oxygen atoms in total. The third-order valence-electron chi connectivity index (χ3n) is 8.33. The van der Waals surface area contributed by atoms with Gasteiger partial charge in [0.25, 0.3) is 0 Å². The molecule has 38 heavy (non-hydrogen) atoms. The van der Waals surface area contributed by atoms with Crippen LogP contribution in [0.3, 0.4) is 0 Å². The summed E-state index contributed by atoms with van der Waals surface area (Å²) in [4.78, 5) is 4.50. The van der Waals surface area contributed by atoms with Gasteiger partial charge in [-0.1, -0.05) is 20.8 Å². The Morgan fingerprint density at radius 2 is 1.66 bits per heavy atom. The maximum Gasteiger partial charge on any atom is 0.458 e. The second-order valence-electron chi connectivity index (χ2n) is 12.6. The average molecular weight is 546 g/mol. The normalized spacial score (nSPS) is 17.9. The van der Waals surface area contributed by atoms with Crippen molar-refractivity contribution < 1.29 is 27.6 Å². The van der Waals surface area contributed by atoms with Crippen molar-refractivity contribution in [3.63, 3.8) is 0 Å². The SMILES string of the molecule is CCOc1cc(-c2cncc(C(CO[Si](C)(C)C(C)(C)C)CB3OC(C)(C)C(C)(C)O3)c2)c(F)cc1OC. The van der Waals surface area contributed by atoms with Crippen LogP contribution >= 0.6 is 0 Å².